The van der Waals surface area contributed by atoms with E-state index in [-0.39, 0.29) is 0 Å². The Balaban J connectivity index is 2.10. The molecular weight excluding hydrogens is 250 g/mol. The molecule has 0 unspecified atom stereocenters. The highest BCUT2D eigenvalue weighted by Gasteiger charge is 2.08. The number of hydrogen-bond donors (Lipinski definition) is 1. The first kappa shape index (κ1) is 13.6. The van der Waals surface area contributed by atoms with Crippen LogP contribution < -0.4 is 5.32 Å². The molecule has 2 rings (SSSR count). The zero-order chi connectivity index (χ0) is 13.8. The van der Waals surface area contributed by atoms with Gasteiger partial charge in [0.15, 0.2) is 11.6 Å². The maximum atomic E-state index is 13.1. The first-order chi connectivity index (χ1) is 9.06. The molecule has 1 heterocycles. The molecular formula is C13H16F2N4. The molecule has 6 heteroatoms. The molecule has 2 aromatic rings. The van der Waals surface area contributed by atoms with Gasteiger partial charge in [-0.15, -0.1) is 0 Å². The molecule has 0 saturated carbocycles. The van der Waals surface area contributed by atoms with Crippen molar-refractivity contribution in [1.82, 2.24) is 20.1 Å². The van der Waals surface area contributed by atoms with Gasteiger partial charge in [-0.05, 0) is 17.7 Å². The Morgan fingerprint density at radius 2 is 2.05 bits per heavy atom. The number of nitrogens with zero attached hydrogens (tertiary/aromatic N) is 3. The standard InChI is InChI=1S/C13H16F2N4/c1-9(2)16-6-13-17-8-18-19(13)7-10-3-4-11(14)12(15)5-10/h3-5,8-9,16H,6-7H2,1-2H3. The molecule has 4 nitrogen and oxygen atoms in total. The molecule has 102 valence electrons. The lowest BCUT2D eigenvalue weighted by molar-refractivity contribution is 0.503. The third-order valence-electron chi connectivity index (χ3n) is 2.68. The molecule has 0 radical (unpaired) electrons. The van der Waals surface area contributed by atoms with E-state index in [4.69, 9.17) is 0 Å². The van der Waals surface area contributed by atoms with Gasteiger partial charge in [0.25, 0.3) is 0 Å². The smallest absolute Gasteiger partial charge is 0.159 e. The van der Waals surface area contributed by atoms with Crippen molar-refractivity contribution in [3.63, 3.8) is 0 Å². The minimum absolute atomic E-state index is 0.341. The summed E-state index contributed by atoms with van der Waals surface area (Å²) >= 11 is 0. The Kier molecular flexibility index (Phi) is 4.21. The number of aromatic nitrogens is 3. The van der Waals surface area contributed by atoms with Crippen molar-refractivity contribution in [2.75, 3.05) is 0 Å². The summed E-state index contributed by atoms with van der Waals surface area (Å²) in [5.41, 5.74) is 0.648. The number of halogens is 2. The second-order valence-corrected chi connectivity index (χ2v) is 4.62. The van der Waals surface area contributed by atoms with Crippen molar-refractivity contribution >= 4 is 0 Å². The second kappa shape index (κ2) is 5.88. The lowest BCUT2D eigenvalue weighted by Crippen LogP contribution is -2.24. The lowest BCUT2D eigenvalue weighted by atomic mass is 10.2. The zero-order valence-electron chi connectivity index (χ0n) is 10.9. The summed E-state index contributed by atoms with van der Waals surface area (Å²) in [6.07, 6.45) is 1.46. The third kappa shape index (κ3) is 3.57. The van der Waals surface area contributed by atoms with Crippen LogP contribution in [0.15, 0.2) is 24.5 Å². The Hall–Kier alpha value is -1.82. The van der Waals surface area contributed by atoms with Gasteiger partial charge in [-0.25, -0.2) is 18.4 Å². The molecule has 1 N–H and O–H groups in total. The lowest BCUT2D eigenvalue weighted by Gasteiger charge is -2.09. The molecule has 0 spiro atoms. The van der Waals surface area contributed by atoms with Crippen LogP contribution >= 0.6 is 0 Å². The van der Waals surface area contributed by atoms with Crippen LogP contribution in [0.1, 0.15) is 25.2 Å². The molecule has 0 fully saturated rings. The average Bonchev–Trinajstić information content (AvgIpc) is 2.79. The van der Waals surface area contributed by atoms with Gasteiger partial charge >= 0.3 is 0 Å². The summed E-state index contributed by atoms with van der Waals surface area (Å²) in [5.74, 6) is -0.929. The molecule has 0 aliphatic heterocycles. The number of nitrogens with one attached hydrogen (secondary N) is 1. The maximum absolute atomic E-state index is 13.1. The Bertz CT molecular complexity index is 551. The van der Waals surface area contributed by atoms with Gasteiger partial charge in [0.1, 0.15) is 12.2 Å². The number of hydrogen-bond acceptors (Lipinski definition) is 3. The molecule has 0 saturated heterocycles. The number of benzene rings is 1. The van der Waals surface area contributed by atoms with Gasteiger partial charge in [-0.2, -0.15) is 5.10 Å². The number of rotatable bonds is 5. The minimum Gasteiger partial charge on any atom is -0.308 e. The van der Waals surface area contributed by atoms with Crippen LogP contribution in [-0.4, -0.2) is 20.8 Å². The highest BCUT2D eigenvalue weighted by Crippen LogP contribution is 2.10. The van der Waals surface area contributed by atoms with E-state index >= 15 is 0 Å². The summed E-state index contributed by atoms with van der Waals surface area (Å²) in [4.78, 5) is 4.15. The van der Waals surface area contributed by atoms with Crippen LogP contribution in [0.3, 0.4) is 0 Å². The summed E-state index contributed by atoms with van der Waals surface area (Å²) in [6, 6.07) is 4.18. The van der Waals surface area contributed by atoms with Crippen molar-refractivity contribution in [2.45, 2.75) is 33.0 Å². The highest BCUT2D eigenvalue weighted by atomic mass is 19.2. The Labute approximate surface area is 110 Å². The monoisotopic (exact) mass is 266 g/mol. The van der Waals surface area contributed by atoms with Crippen LogP contribution in [0, 0.1) is 11.6 Å². The summed E-state index contributed by atoms with van der Waals surface area (Å²) in [5, 5.41) is 7.33. The fraction of sp³-hybridized carbons (Fsp3) is 0.385. The van der Waals surface area contributed by atoms with Crippen LogP contribution in [0.4, 0.5) is 8.78 Å². The Morgan fingerprint density at radius 1 is 1.26 bits per heavy atom. The van der Waals surface area contributed by atoms with Gasteiger partial charge in [0, 0.05) is 6.04 Å². The van der Waals surface area contributed by atoms with Crippen LogP contribution in [0.2, 0.25) is 0 Å². The molecule has 19 heavy (non-hydrogen) atoms. The van der Waals surface area contributed by atoms with Crippen molar-refractivity contribution in [3.05, 3.63) is 47.5 Å². The molecule has 0 aliphatic carbocycles. The molecule has 0 atom stereocenters. The van der Waals surface area contributed by atoms with E-state index in [0.29, 0.717) is 24.7 Å². The van der Waals surface area contributed by atoms with Gasteiger partial charge in [0.05, 0.1) is 13.1 Å². The topological polar surface area (TPSA) is 42.7 Å². The average molecular weight is 266 g/mol. The van der Waals surface area contributed by atoms with E-state index in [2.05, 4.69) is 15.4 Å². The summed E-state index contributed by atoms with van der Waals surface area (Å²) in [6.45, 7) is 5.03. The van der Waals surface area contributed by atoms with Gasteiger partial charge in [-0.3, -0.25) is 0 Å². The van der Waals surface area contributed by atoms with Crippen molar-refractivity contribution in [2.24, 2.45) is 0 Å². The van der Waals surface area contributed by atoms with Crippen LogP contribution in [0.25, 0.3) is 0 Å². The minimum atomic E-state index is -0.848. The summed E-state index contributed by atoms with van der Waals surface area (Å²) < 4.78 is 27.6. The SMILES string of the molecule is CC(C)NCc1ncnn1Cc1ccc(F)c(F)c1. The van der Waals surface area contributed by atoms with Crippen molar-refractivity contribution in [3.8, 4) is 0 Å². The largest absolute Gasteiger partial charge is 0.308 e. The first-order valence-corrected chi connectivity index (χ1v) is 6.10. The van der Waals surface area contributed by atoms with E-state index in [1.165, 1.54) is 12.4 Å². The molecule has 0 amide bonds. The fourth-order valence-corrected chi connectivity index (χ4v) is 1.66. The molecule has 1 aromatic carbocycles. The van der Waals surface area contributed by atoms with Gasteiger partial charge in [0.2, 0.25) is 0 Å². The van der Waals surface area contributed by atoms with Crippen LogP contribution in [0.5, 0.6) is 0 Å². The van der Waals surface area contributed by atoms with E-state index < -0.39 is 11.6 Å². The zero-order valence-corrected chi connectivity index (χ0v) is 10.9. The first-order valence-electron chi connectivity index (χ1n) is 6.10. The maximum Gasteiger partial charge on any atom is 0.159 e. The van der Waals surface area contributed by atoms with E-state index in [1.807, 2.05) is 13.8 Å². The quantitative estimate of drug-likeness (QED) is 0.901. The third-order valence-corrected chi connectivity index (χ3v) is 2.68. The summed E-state index contributed by atoms with van der Waals surface area (Å²) in [7, 11) is 0. The van der Waals surface area contributed by atoms with Gasteiger partial charge in [-0.1, -0.05) is 19.9 Å². The van der Waals surface area contributed by atoms with Crippen molar-refractivity contribution < 1.29 is 8.78 Å². The predicted molar refractivity (Wildman–Crippen MR) is 67.5 cm³/mol. The van der Waals surface area contributed by atoms with Gasteiger partial charge < -0.3 is 5.32 Å². The van der Waals surface area contributed by atoms with E-state index in [1.54, 1.807) is 10.7 Å². The van der Waals surface area contributed by atoms with Crippen LogP contribution in [-0.2, 0) is 13.1 Å². The van der Waals surface area contributed by atoms with E-state index in [9.17, 15) is 8.78 Å². The second-order valence-electron chi connectivity index (χ2n) is 4.62. The molecule has 0 bridgehead atoms. The van der Waals surface area contributed by atoms with Crippen molar-refractivity contribution in [1.29, 1.82) is 0 Å². The van der Waals surface area contributed by atoms with E-state index in [0.717, 1.165) is 11.9 Å². The normalized spacial score (nSPS) is 11.2. The predicted octanol–water partition coefficient (Wildman–Crippen LogP) is 2.10. The highest BCUT2D eigenvalue weighted by molar-refractivity contribution is 5.18. The molecule has 1 aromatic heterocycles. The molecule has 0 aliphatic rings. The fourth-order valence-electron chi connectivity index (χ4n) is 1.66. The Morgan fingerprint density at radius 3 is 2.74 bits per heavy atom.